The standard InChI is InChI=1S/C16H20ClNO/c17-11-16(7-3-4-8-16)18-15(19)14-9-12-5-1-2-6-13(12)10-14/h1-2,5-6,14H,3-4,7-11H2,(H,18,19). The molecule has 0 bridgehead atoms. The average molecular weight is 278 g/mol. The van der Waals surface area contributed by atoms with Crippen LogP contribution in [-0.4, -0.2) is 17.3 Å². The zero-order valence-electron chi connectivity index (χ0n) is 11.1. The number of carbonyl (C=O) groups excluding carboxylic acids is 1. The molecule has 1 fully saturated rings. The summed E-state index contributed by atoms with van der Waals surface area (Å²) in [6.07, 6.45) is 6.17. The summed E-state index contributed by atoms with van der Waals surface area (Å²) in [7, 11) is 0. The van der Waals surface area contributed by atoms with Crippen LogP contribution in [-0.2, 0) is 17.6 Å². The van der Waals surface area contributed by atoms with E-state index in [1.807, 2.05) is 0 Å². The molecule has 3 rings (SSSR count). The molecule has 0 heterocycles. The van der Waals surface area contributed by atoms with Crippen LogP contribution >= 0.6 is 11.6 Å². The third-order valence-electron chi connectivity index (χ3n) is 4.63. The first-order chi connectivity index (χ1) is 9.22. The van der Waals surface area contributed by atoms with E-state index in [4.69, 9.17) is 11.6 Å². The molecular weight excluding hydrogens is 258 g/mol. The normalized spacial score (nSPS) is 21.3. The zero-order valence-corrected chi connectivity index (χ0v) is 11.9. The summed E-state index contributed by atoms with van der Waals surface area (Å²) in [5, 5.41) is 3.25. The molecule has 0 radical (unpaired) electrons. The maximum atomic E-state index is 12.5. The number of nitrogens with one attached hydrogen (secondary N) is 1. The molecule has 19 heavy (non-hydrogen) atoms. The van der Waals surface area contributed by atoms with Crippen molar-refractivity contribution in [2.75, 3.05) is 5.88 Å². The van der Waals surface area contributed by atoms with E-state index in [9.17, 15) is 4.79 Å². The second-order valence-corrected chi connectivity index (χ2v) is 6.25. The van der Waals surface area contributed by atoms with Gasteiger partial charge in [0, 0.05) is 11.8 Å². The third-order valence-corrected chi connectivity index (χ3v) is 5.14. The van der Waals surface area contributed by atoms with Gasteiger partial charge in [-0.25, -0.2) is 0 Å². The first kappa shape index (κ1) is 13.0. The minimum atomic E-state index is -0.132. The van der Waals surface area contributed by atoms with Crippen LogP contribution in [0.4, 0.5) is 0 Å². The highest BCUT2D eigenvalue weighted by atomic mass is 35.5. The van der Waals surface area contributed by atoms with Gasteiger partial charge in [-0.1, -0.05) is 37.1 Å². The fraction of sp³-hybridized carbons (Fsp3) is 0.562. The van der Waals surface area contributed by atoms with Gasteiger partial charge < -0.3 is 5.32 Å². The van der Waals surface area contributed by atoms with Crippen molar-refractivity contribution in [1.29, 1.82) is 0 Å². The van der Waals surface area contributed by atoms with Gasteiger partial charge in [-0.05, 0) is 36.8 Å². The number of carbonyl (C=O) groups is 1. The van der Waals surface area contributed by atoms with E-state index in [1.165, 1.54) is 24.0 Å². The summed E-state index contributed by atoms with van der Waals surface area (Å²) in [5.74, 6) is 0.829. The molecule has 102 valence electrons. The number of alkyl halides is 1. The van der Waals surface area contributed by atoms with E-state index < -0.39 is 0 Å². The van der Waals surface area contributed by atoms with E-state index in [0.29, 0.717) is 5.88 Å². The number of amides is 1. The van der Waals surface area contributed by atoms with Gasteiger partial charge in [0.05, 0.1) is 5.54 Å². The maximum Gasteiger partial charge on any atom is 0.224 e. The topological polar surface area (TPSA) is 29.1 Å². The van der Waals surface area contributed by atoms with Gasteiger partial charge >= 0.3 is 0 Å². The molecule has 1 saturated carbocycles. The Morgan fingerprint density at radius 3 is 2.32 bits per heavy atom. The number of rotatable bonds is 3. The van der Waals surface area contributed by atoms with E-state index in [1.54, 1.807) is 0 Å². The highest BCUT2D eigenvalue weighted by Crippen LogP contribution is 2.32. The van der Waals surface area contributed by atoms with Crippen LogP contribution in [0.3, 0.4) is 0 Å². The van der Waals surface area contributed by atoms with Crippen LogP contribution in [0.15, 0.2) is 24.3 Å². The summed E-state index contributed by atoms with van der Waals surface area (Å²) in [6.45, 7) is 0. The van der Waals surface area contributed by atoms with Crippen molar-refractivity contribution in [2.24, 2.45) is 5.92 Å². The number of halogens is 1. The lowest BCUT2D eigenvalue weighted by atomic mass is 9.97. The van der Waals surface area contributed by atoms with Crippen molar-refractivity contribution in [3.8, 4) is 0 Å². The van der Waals surface area contributed by atoms with Gasteiger partial charge in [-0.2, -0.15) is 0 Å². The summed E-state index contributed by atoms with van der Waals surface area (Å²) in [6, 6.07) is 8.37. The molecule has 1 amide bonds. The highest BCUT2D eigenvalue weighted by Gasteiger charge is 2.37. The highest BCUT2D eigenvalue weighted by molar-refractivity contribution is 6.18. The van der Waals surface area contributed by atoms with Crippen LogP contribution < -0.4 is 5.32 Å². The van der Waals surface area contributed by atoms with Crippen LogP contribution in [0.2, 0.25) is 0 Å². The predicted molar refractivity (Wildman–Crippen MR) is 77.4 cm³/mol. The Balaban J connectivity index is 1.67. The Morgan fingerprint density at radius 2 is 1.79 bits per heavy atom. The first-order valence-electron chi connectivity index (χ1n) is 7.17. The second-order valence-electron chi connectivity index (χ2n) is 5.98. The molecule has 0 atom stereocenters. The molecule has 2 aliphatic rings. The van der Waals surface area contributed by atoms with Crippen molar-refractivity contribution in [1.82, 2.24) is 5.32 Å². The SMILES string of the molecule is O=C(NC1(CCl)CCCC1)C1Cc2ccccc2C1. The summed E-state index contributed by atoms with van der Waals surface area (Å²) < 4.78 is 0. The van der Waals surface area contributed by atoms with Crippen LogP contribution in [0.1, 0.15) is 36.8 Å². The molecule has 2 aliphatic carbocycles. The largest absolute Gasteiger partial charge is 0.349 e. The van der Waals surface area contributed by atoms with Crippen molar-refractivity contribution >= 4 is 17.5 Å². The number of hydrogen-bond donors (Lipinski definition) is 1. The maximum absolute atomic E-state index is 12.5. The molecule has 0 spiro atoms. The minimum absolute atomic E-state index is 0.0955. The smallest absolute Gasteiger partial charge is 0.224 e. The van der Waals surface area contributed by atoms with Crippen LogP contribution in [0.25, 0.3) is 0 Å². The Bertz CT molecular complexity index is 454. The summed E-state index contributed by atoms with van der Waals surface area (Å²) in [4.78, 5) is 12.5. The second kappa shape index (κ2) is 5.16. The van der Waals surface area contributed by atoms with Gasteiger partial charge in [-0.15, -0.1) is 11.6 Å². The molecule has 0 saturated heterocycles. The predicted octanol–water partition coefficient (Wildman–Crippen LogP) is 3.07. The molecular formula is C16H20ClNO. The minimum Gasteiger partial charge on any atom is -0.349 e. The third kappa shape index (κ3) is 2.51. The van der Waals surface area contributed by atoms with Gasteiger partial charge in [0.1, 0.15) is 0 Å². The van der Waals surface area contributed by atoms with E-state index in [-0.39, 0.29) is 17.4 Å². The summed E-state index contributed by atoms with van der Waals surface area (Å²) >= 11 is 6.09. The van der Waals surface area contributed by atoms with E-state index >= 15 is 0 Å². The zero-order chi connectivity index (χ0) is 13.3. The molecule has 1 aromatic carbocycles. The molecule has 1 aromatic rings. The Hall–Kier alpha value is -1.02. The number of fused-ring (bicyclic) bond motifs is 1. The molecule has 0 aliphatic heterocycles. The van der Waals surface area contributed by atoms with Crippen LogP contribution in [0, 0.1) is 5.92 Å². The monoisotopic (exact) mass is 277 g/mol. The lowest BCUT2D eigenvalue weighted by Crippen LogP contribution is -2.50. The average Bonchev–Trinajstić information content (AvgIpc) is 3.05. The first-order valence-corrected chi connectivity index (χ1v) is 7.71. The van der Waals surface area contributed by atoms with Gasteiger partial charge in [0.25, 0.3) is 0 Å². The van der Waals surface area contributed by atoms with Gasteiger partial charge in [0.15, 0.2) is 0 Å². The quantitative estimate of drug-likeness (QED) is 0.846. The lowest BCUT2D eigenvalue weighted by Gasteiger charge is -2.29. The molecule has 0 aromatic heterocycles. The molecule has 0 unspecified atom stereocenters. The fourth-order valence-electron chi connectivity index (χ4n) is 3.45. The Morgan fingerprint density at radius 1 is 1.21 bits per heavy atom. The molecule has 2 nitrogen and oxygen atoms in total. The van der Waals surface area contributed by atoms with Crippen molar-refractivity contribution in [2.45, 2.75) is 44.1 Å². The van der Waals surface area contributed by atoms with E-state index in [0.717, 1.165) is 25.7 Å². The van der Waals surface area contributed by atoms with Crippen molar-refractivity contribution in [3.63, 3.8) is 0 Å². The fourth-order valence-corrected chi connectivity index (χ4v) is 3.79. The summed E-state index contributed by atoms with van der Waals surface area (Å²) in [5.41, 5.74) is 2.52. The molecule has 1 N–H and O–H groups in total. The van der Waals surface area contributed by atoms with Gasteiger partial charge in [0.2, 0.25) is 5.91 Å². The van der Waals surface area contributed by atoms with Gasteiger partial charge in [-0.3, -0.25) is 4.79 Å². The Labute approximate surface area is 119 Å². The number of hydrogen-bond acceptors (Lipinski definition) is 1. The van der Waals surface area contributed by atoms with Crippen molar-refractivity contribution in [3.05, 3.63) is 35.4 Å². The van der Waals surface area contributed by atoms with Crippen LogP contribution in [0.5, 0.6) is 0 Å². The Kier molecular flexibility index (Phi) is 3.53. The molecule has 3 heteroatoms. The van der Waals surface area contributed by atoms with E-state index in [2.05, 4.69) is 29.6 Å². The van der Waals surface area contributed by atoms with Crippen molar-refractivity contribution < 1.29 is 4.79 Å². The number of benzene rings is 1. The lowest BCUT2D eigenvalue weighted by molar-refractivity contribution is -0.126.